The fourth-order valence-electron chi connectivity index (χ4n) is 1.36. The van der Waals surface area contributed by atoms with Crippen LogP contribution in [-0.4, -0.2) is 10.9 Å². The predicted molar refractivity (Wildman–Crippen MR) is 56.5 cm³/mol. The molecule has 0 atom stereocenters. The smallest absolute Gasteiger partial charge is 0.241 e. The van der Waals surface area contributed by atoms with Crippen molar-refractivity contribution < 1.29 is 4.79 Å². The Labute approximate surface area is 81.2 Å². The number of hydrogen-bond donors (Lipinski definition) is 2. The maximum atomic E-state index is 10.5. The Morgan fingerprint density at radius 1 is 1.36 bits per heavy atom. The van der Waals surface area contributed by atoms with Crippen LogP contribution in [0.5, 0.6) is 0 Å². The van der Waals surface area contributed by atoms with E-state index < -0.39 is 5.91 Å². The number of aromatic amines is 1. The average molecular weight is 186 g/mol. The van der Waals surface area contributed by atoms with Gasteiger partial charge in [0.05, 0.1) is 0 Å². The molecule has 2 aromatic rings. The predicted octanol–water partition coefficient (Wildman–Crippen LogP) is 1.67. The van der Waals surface area contributed by atoms with Crippen LogP contribution >= 0.6 is 0 Å². The van der Waals surface area contributed by atoms with Crippen molar-refractivity contribution in [1.29, 1.82) is 0 Å². The first kappa shape index (κ1) is 8.56. The van der Waals surface area contributed by atoms with E-state index in [0.29, 0.717) is 0 Å². The summed E-state index contributed by atoms with van der Waals surface area (Å²) in [5.74, 6) is -0.441. The van der Waals surface area contributed by atoms with Gasteiger partial charge in [0.1, 0.15) is 0 Å². The molecule has 3 N–H and O–H groups in total. The number of H-pyrrole nitrogens is 1. The van der Waals surface area contributed by atoms with Crippen molar-refractivity contribution >= 4 is 22.9 Å². The summed E-state index contributed by atoms with van der Waals surface area (Å²) in [6, 6.07) is 9.89. The van der Waals surface area contributed by atoms with E-state index in [2.05, 4.69) is 4.98 Å². The number of rotatable bonds is 2. The minimum absolute atomic E-state index is 0.441. The van der Waals surface area contributed by atoms with E-state index in [1.807, 2.05) is 30.3 Å². The van der Waals surface area contributed by atoms with E-state index in [1.54, 1.807) is 6.08 Å². The molecule has 1 aromatic carbocycles. The lowest BCUT2D eigenvalue weighted by Crippen LogP contribution is -2.05. The van der Waals surface area contributed by atoms with Crippen LogP contribution in [0.4, 0.5) is 0 Å². The first-order valence-electron chi connectivity index (χ1n) is 4.31. The maximum Gasteiger partial charge on any atom is 0.241 e. The number of carbonyl (C=O) groups is 1. The molecule has 0 bridgehead atoms. The molecular weight excluding hydrogens is 176 g/mol. The highest BCUT2D eigenvalue weighted by atomic mass is 16.1. The third-order valence-electron chi connectivity index (χ3n) is 1.98. The highest BCUT2D eigenvalue weighted by Gasteiger charge is 1.95. The Kier molecular flexibility index (Phi) is 2.07. The Balaban J connectivity index is 2.40. The zero-order chi connectivity index (χ0) is 9.97. The number of carbonyl (C=O) groups excluding carboxylic acids is 1. The van der Waals surface area contributed by atoms with Gasteiger partial charge in [-0.05, 0) is 23.6 Å². The molecule has 0 saturated carbocycles. The lowest BCUT2D eigenvalue weighted by molar-refractivity contribution is -0.113. The first-order chi connectivity index (χ1) is 6.75. The molecule has 70 valence electrons. The van der Waals surface area contributed by atoms with Crippen molar-refractivity contribution in [2.24, 2.45) is 5.73 Å². The Morgan fingerprint density at radius 2 is 2.14 bits per heavy atom. The molecule has 0 aliphatic carbocycles. The van der Waals surface area contributed by atoms with Crippen LogP contribution in [0.25, 0.3) is 17.0 Å². The van der Waals surface area contributed by atoms with Gasteiger partial charge in [-0.3, -0.25) is 4.79 Å². The fraction of sp³-hybridized carbons (Fsp3) is 0. The van der Waals surface area contributed by atoms with Gasteiger partial charge < -0.3 is 10.7 Å². The molecule has 0 fully saturated rings. The Hall–Kier alpha value is -2.03. The summed E-state index contributed by atoms with van der Waals surface area (Å²) in [4.78, 5) is 13.7. The second kappa shape index (κ2) is 3.38. The highest BCUT2D eigenvalue weighted by Crippen LogP contribution is 2.15. The third-order valence-corrected chi connectivity index (χ3v) is 1.98. The van der Waals surface area contributed by atoms with Gasteiger partial charge in [0, 0.05) is 17.3 Å². The zero-order valence-corrected chi connectivity index (χ0v) is 7.53. The van der Waals surface area contributed by atoms with Crippen LogP contribution in [0.1, 0.15) is 5.69 Å². The fourth-order valence-corrected chi connectivity index (χ4v) is 1.36. The molecule has 2 rings (SSSR count). The number of nitrogens with one attached hydrogen (secondary N) is 1. The number of para-hydroxylation sites is 1. The van der Waals surface area contributed by atoms with Crippen molar-refractivity contribution in [2.45, 2.75) is 0 Å². The van der Waals surface area contributed by atoms with Crippen LogP contribution < -0.4 is 5.73 Å². The summed E-state index contributed by atoms with van der Waals surface area (Å²) in [5, 5.41) is 1.12. The summed E-state index contributed by atoms with van der Waals surface area (Å²) in [6.45, 7) is 0. The SMILES string of the molecule is NC(=O)/C=C/c1cc2ccccc2[nH]1. The number of primary amides is 1. The van der Waals surface area contributed by atoms with Crippen molar-refractivity contribution in [1.82, 2.24) is 4.98 Å². The minimum Gasteiger partial charge on any atom is -0.366 e. The topological polar surface area (TPSA) is 58.9 Å². The third kappa shape index (κ3) is 1.66. The quantitative estimate of drug-likeness (QED) is 0.688. The molecule has 0 spiro atoms. The van der Waals surface area contributed by atoms with Gasteiger partial charge in [-0.2, -0.15) is 0 Å². The van der Waals surface area contributed by atoms with Crippen molar-refractivity contribution in [3.8, 4) is 0 Å². The van der Waals surface area contributed by atoms with Crippen LogP contribution in [0.15, 0.2) is 36.4 Å². The number of benzene rings is 1. The summed E-state index contributed by atoms with van der Waals surface area (Å²) in [6.07, 6.45) is 3.01. The summed E-state index contributed by atoms with van der Waals surface area (Å²) in [7, 11) is 0. The Bertz CT molecular complexity index is 464. The van der Waals surface area contributed by atoms with Crippen LogP contribution in [-0.2, 0) is 4.79 Å². The average Bonchev–Trinajstić information content (AvgIpc) is 2.57. The number of fused-ring (bicyclic) bond motifs is 1. The van der Waals surface area contributed by atoms with Crippen molar-refractivity contribution in [2.75, 3.05) is 0 Å². The lowest BCUT2D eigenvalue weighted by Gasteiger charge is -1.84. The molecule has 1 amide bonds. The van der Waals surface area contributed by atoms with Crippen LogP contribution in [0, 0.1) is 0 Å². The van der Waals surface area contributed by atoms with Crippen LogP contribution in [0.2, 0.25) is 0 Å². The summed E-state index contributed by atoms with van der Waals surface area (Å²) in [5.41, 5.74) is 6.93. The maximum absolute atomic E-state index is 10.5. The number of nitrogens with two attached hydrogens (primary N) is 1. The van der Waals surface area contributed by atoms with Gasteiger partial charge in [0.15, 0.2) is 0 Å². The standard InChI is InChI=1S/C11H10N2O/c12-11(14)6-5-9-7-8-3-1-2-4-10(8)13-9/h1-7,13H,(H2,12,14)/b6-5+. The minimum atomic E-state index is -0.441. The number of hydrogen-bond acceptors (Lipinski definition) is 1. The molecule has 0 unspecified atom stereocenters. The molecule has 1 heterocycles. The molecule has 0 aliphatic rings. The molecule has 0 saturated heterocycles. The normalized spacial score (nSPS) is 11.1. The Morgan fingerprint density at radius 3 is 2.86 bits per heavy atom. The monoisotopic (exact) mass is 186 g/mol. The molecule has 3 nitrogen and oxygen atoms in total. The van der Waals surface area contributed by atoms with Gasteiger partial charge in [0.2, 0.25) is 5.91 Å². The van der Waals surface area contributed by atoms with Gasteiger partial charge >= 0.3 is 0 Å². The molecular formula is C11H10N2O. The molecule has 0 aliphatic heterocycles. The van der Waals surface area contributed by atoms with E-state index in [1.165, 1.54) is 6.08 Å². The molecule has 14 heavy (non-hydrogen) atoms. The zero-order valence-electron chi connectivity index (χ0n) is 7.53. The molecule has 0 radical (unpaired) electrons. The summed E-state index contributed by atoms with van der Waals surface area (Å²) >= 11 is 0. The van der Waals surface area contributed by atoms with Crippen LogP contribution in [0.3, 0.4) is 0 Å². The summed E-state index contributed by atoms with van der Waals surface area (Å²) < 4.78 is 0. The first-order valence-corrected chi connectivity index (χ1v) is 4.31. The number of amides is 1. The second-order valence-electron chi connectivity index (χ2n) is 3.05. The van der Waals surface area contributed by atoms with Crippen molar-refractivity contribution in [3.63, 3.8) is 0 Å². The number of aromatic nitrogens is 1. The van der Waals surface area contributed by atoms with E-state index in [0.717, 1.165) is 16.6 Å². The lowest BCUT2D eigenvalue weighted by atomic mass is 10.2. The van der Waals surface area contributed by atoms with E-state index in [9.17, 15) is 4.79 Å². The van der Waals surface area contributed by atoms with E-state index in [4.69, 9.17) is 5.73 Å². The second-order valence-corrected chi connectivity index (χ2v) is 3.05. The van der Waals surface area contributed by atoms with E-state index in [-0.39, 0.29) is 0 Å². The van der Waals surface area contributed by atoms with Gasteiger partial charge in [-0.15, -0.1) is 0 Å². The largest absolute Gasteiger partial charge is 0.366 e. The van der Waals surface area contributed by atoms with E-state index >= 15 is 0 Å². The van der Waals surface area contributed by atoms with Crippen molar-refractivity contribution in [3.05, 3.63) is 42.1 Å². The molecule has 1 aromatic heterocycles. The van der Waals surface area contributed by atoms with Gasteiger partial charge in [0.25, 0.3) is 0 Å². The highest BCUT2D eigenvalue weighted by molar-refractivity contribution is 5.91. The molecule has 3 heteroatoms. The van der Waals surface area contributed by atoms with Gasteiger partial charge in [-0.1, -0.05) is 18.2 Å². The van der Waals surface area contributed by atoms with Gasteiger partial charge in [-0.25, -0.2) is 0 Å².